The van der Waals surface area contributed by atoms with E-state index < -0.39 is 5.97 Å². The van der Waals surface area contributed by atoms with E-state index in [0.717, 1.165) is 10.1 Å². The van der Waals surface area contributed by atoms with Crippen molar-refractivity contribution < 1.29 is 14.3 Å². The van der Waals surface area contributed by atoms with E-state index in [0.29, 0.717) is 17.2 Å². The summed E-state index contributed by atoms with van der Waals surface area (Å²) in [5, 5.41) is 3.57. The molecule has 0 aliphatic rings. The van der Waals surface area contributed by atoms with Crippen LogP contribution in [0.5, 0.6) is 0 Å². The highest BCUT2D eigenvalue weighted by Crippen LogP contribution is 2.36. The van der Waals surface area contributed by atoms with Gasteiger partial charge in [-0.05, 0) is 13.0 Å². The highest BCUT2D eigenvalue weighted by Gasteiger charge is 2.19. The Morgan fingerprint density at radius 3 is 2.72 bits per heavy atom. The van der Waals surface area contributed by atoms with Crippen LogP contribution < -0.4 is 5.32 Å². The number of hydrogen-bond donors (Lipinski definition) is 1. The van der Waals surface area contributed by atoms with Crippen LogP contribution in [0.2, 0.25) is 0 Å². The molecule has 0 spiro atoms. The van der Waals surface area contributed by atoms with Gasteiger partial charge in [-0.15, -0.1) is 11.3 Å². The minimum atomic E-state index is -0.401. The van der Waals surface area contributed by atoms with Gasteiger partial charge >= 0.3 is 5.97 Å². The number of anilines is 1. The number of amides is 1. The number of carbonyl (C=O) groups is 2. The van der Waals surface area contributed by atoms with Crippen LogP contribution in [0.4, 0.5) is 5.69 Å². The summed E-state index contributed by atoms with van der Waals surface area (Å²) in [6, 6.07) is 7.55. The Balaban J connectivity index is 2.56. The van der Waals surface area contributed by atoms with E-state index in [2.05, 4.69) is 5.32 Å². The molecule has 1 aromatic heterocycles. The fraction of sp³-hybridized carbons (Fsp3) is 0.231. The molecule has 2 rings (SSSR count). The summed E-state index contributed by atoms with van der Waals surface area (Å²) in [7, 11) is 0. The normalized spacial score (nSPS) is 10.3. The molecule has 1 amide bonds. The lowest BCUT2D eigenvalue weighted by molar-refractivity contribution is -0.114. The molecule has 0 saturated heterocycles. The average molecular weight is 263 g/mol. The second-order valence-corrected chi connectivity index (χ2v) is 4.76. The van der Waals surface area contributed by atoms with E-state index in [1.165, 1.54) is 18.3 Å². The van der Waals surface area contributed by atoms with E-state index in [4.69, 9.17) is 4.74 Å². The Morgan fingerprint density at radius 1 is 1.33 bits per heavy atom. The number of ether oxygens (including phenoxy) is 1. The predicted molar refractivity (Wildman–Crippen MR) is 72.1 cm³/mol. The van der Waals surface area contributed by atoms with Gasteiger partial charge in [-0.1, -0.05) is 18.2 Å². The van der Waals surface area contributed by atoms with Crippen molar-refractivity contribution in [1.82, 2.24) is 0 Å². The van der Waals surface area contributed by atoms with Crippen molar-refractivity contribution in [2.75, 3.05) is 11.9 Å². The number of benzene rings is 1. The Bertz CT molecular complexity index is 603. The molecule has 0 aliphatic carbocycles. The standard InChI is InChI=1S/C13H13NO3S/c1-3-17-13(16)12-11(14-8(2)15)9-6-4-5-7-10(9)18-12/h4-7H,3H2,1-2H3,(H,14,15). The Kier molecular flexibility index (Phi) is 3.62. The van der Waals surface area contributed by atoms with Gasteiger partial charge in [0.25, 0.3) is 0 Å². The third kappa shape index (κ3) is 2.36. The Labute approximate surface area is 109 Å². The number of nitrogens with one attached hydrogen (secondary N) is 1. The highest BCUT2D eigenvalue weighted by molar-refractivity contribution is 7.21. The van der Waals surface area contributed by atoms with Crippen molar-refractivity contribution in [3.63, 3.8) is 0 Å². The van der Waals surface area contributed by atoms with Gasteiger partial charge in [0.2, 0.25) is 5.91 Å². The maximum Gasteiger partial charge on any atom is 0.350 e. The van der Waals surface area contributed by atoms with Crippen LogP contribution in [-0.4, -0.2) is 18.5 Å². The van der Waals surface area contributed by atoms with Gasteiger partial charge in [0.15, 0.2) is 0 Å². The Morgan fingerprint density at radius 2 is 2.06 bits per heavy atom. The molecule has 0 fully saturated rings. The van der Waals surface area contributed by atoms with E-state index in [1.807, 2.05) is 24.3 Å². The summed E-state index contributed by atoms with van der Waals surface area (Å²) in [5.74, 6) is -0.605. The van der Waals surface area contributed by atoms with Gasteiger partial charge in [-0.2, -0.15) is 0 Å². The molecule has 5 heteroatoms. The SMILES string of the molecule is CCOC(=O)c1sc2ccccc2c1NC(C)=O. The molecular formula is C13H13NO3S. The van der Waals surface area contributed by atoms with Crippen molar-refractivity contribution in [2.24, 2.45) is 0 Å². The van der Waals surface area contributed by atoms with Crippen LogP contribution in [0, 0.1) is 0 Å². The van der Waals surface area contributed by atoms with Gasteiger partial charge in [-0.25, -0.2) is 4.79 Å². The zero-order valence-electron chi connectivity index (χ0n) is 10.1. The van der Waals surface area contributed by atoms with Crippen LogP contribution in [0.15, 0.2) is 24.3 Å². The first-order valence-corrected chi connectivity index (χ1v) is 6.41. The predicted octanol–water partition coefficient (Wildman–Crippen LogP) is 3.04. The largest absolute Gasteiger partial charge is 0.462 e. The first-order valence-electron chi connectivity index (χ1n) is 5.59. The molecule has 1 N–H and O–H groups in total. The number of fused-ring (bicyclic) bond motifs is 1. The third-order valence-corrected chi connectivity index (χ3v) is 3.51. The molecule has 0 aliphatic heterocycles. The van der Waals surface area contributed by atoms with Crippen molar-refractivity contribution in [3.8, 4) is 0 Å². The third-order valence-electron chi connectivity index (χ3n) is 2.36. The lowest BCUT2D eigenvalue weighted by atomic mass is 10.2. The molecule has 0 atom stereocenters. The lowest BCUT2D eigenvalue weighted by Gasteiger charge is -2.04. The van der Waals surface area contributed by atoms with Gasteiger partial charge < -0.3 is 10.1 Å². The molecule has 4 nitrogen and oxygen atoms in total. The van der Waals surface area contributed by atoms with Gasteiger partial charge in [0.05, 0.1) is 12.3 Å². The first-order chi connectivity index (χ1) is 8.63. The molecule has 0 unspecified atom stereocenters. The molecule has 94 valence electrons. The van der Waals surface area contributed by atoms with Crippen molar-refractivity contribution in [3.05, 3.63) is 29.1 Å². The van der Waals surface area contributed by atoms with Crippen LogP contribution in [0.25, 0.3) is 10.1 Å². The number of rotatable bonds is 3. The summed E-state index contributed by atoms with van der Waals surface area (Å²) in [6.45, 7) is 3.48. The summed E-state index contributed by atoms with van der Waals surface area (Å²) in [5.41, 5.74) is 0.543. The molecule has 1 heterocycles. The fourth-order valence-electron chi connectivity index (χ4n) is 1.69. The Hall–Kier alpha value is -1.88. The van der Waals surface area contributed by atoms with Crippen molar-refractivity contribution >= 4 is 39.0 Å². The minimum Gasteiger partial charge on any atom is -0.462 e. The van der Waals surface area contributed by atoms with Crippen LogP contribution in [-0.2, 0) is 9.53 Å². The smallest absolute Gasteiger partial charge is 0.350 e. The summed E-state index contributed by atoms with van der Waals surface area (Å²) >= 11 is 1.32. The summed E-state index contributed by atoms with van der Waals surface area (Å²) < 4.78 is 5.95. The van der Waals surface area contributed by atoms with Crippen LogP contribution in [0.3, 0.4) is 0 Å². The molecule has 2 aromatic rings. The zero-order chi connectivity index (χ0) is 13.1. The van der Waals surface area contributed by atoms with E-state index in [9.17, 15) is 9.59 Å². The van der Waals surface area contributed by atoms with E-state index >= 15 is 0 Å². The lowest BCUT2D eigenvalue weighted by Crippen LogP contribution is -2.10. The molecule has 0 bridgehead atoms. The number of carbonyl (C=O) groups excluding carboxylic acids is 2. The van der Waals surface area contributed by atoms with Crippen LogP contribution in [0.1, 0.15) is 23.5 Å². The van der Waals surface area contributed by atoms with Crippen molar-refractivity contribution in [2.45, 2.75) is 13.8 Å². The minimum absolute atomic E-state index is 0.205. The summed E-state index contributed by atoms with van der Waals surface area (Å²) in [4.78, 5) is 23.5. The number of hydrogen-bond acceptors (Lipinski definition) is 4. The molecule has 18 heavy (non-hydrogen) atoms. The number of thiophene rings is 1. The summed E-state index contributed by atoms with van der Waals surface area (Å²) in [6.07, 6.45) is 0. The van der Waals surface area contributed by atoms with E-state index in [-0.39, 0.29) is 5.91 Å². The fourth-order valence-corrected chi connectivity index (χ4v) is 2.74. The van der Waals surface area contributed by atoms with Crippen molar-refractivity contribution in [1.29, 1.82) is 0 Å². The second kappa shape index (κ2) is 5.18. The molecule has 0 radical (unpaired) electrons. The van der Waals surface area contributed by atoms with Gasteiger partial charge in [-0.3, -0.25) is 4.79 Å². The van der Waals surface area contributed by atoms with Gasteiger partial charge in [0.1, 0.15) is 4.88 Å². The zero-order valence-corrected chi connectivity index (χ0v) is 11.0. The number of esters is 1. The second-order valence-electron chi connectivity index (χ2n) is 3.70. The van der Waals surface area contributed by atoms with Gasteiger partial charge in [0, 0.05) is 17.0 Å². The maximum absolute atomic E-state index is 11.9. The average Bonchev–Trinajstić information content (AvgIpc) is 2.68. The molecule has 0 saturated carbocycles. The van der Waals surface area contributed by atoms with Crippen LogP contribution >= 0.6 is 11.3 Å². The van der Waals surface area contributed by atoms with E-state index in [1.54, 1.807) is 6.92 Å². The maximum atomic E-state index is 11.9. The first kappa shape index (κ1) is 12.6. The topological polar surface area (TPSA) is 55.4 Å². The molecule has 1 aromatic carbocycles. The molecular weight excluding hydrogens is 250 g/mol. The highest BCUT2D eigenvalue weighted by atomic mass is 32.1. The monoisotopic (exact) mass is 263 g/mol. The quantitative estimate of drug-likeness (QED) is 0.866.